The fourth-order valence-electron chi connectivity index (χ4n) is 6.26. The SMILES string of the molecule is CN(C)CC(CN1c2ccccc2Sc2ccccc21)[NH+](C)C.CN(C)CC(CN1c2ccccc2Sc2ccccc21)[NH+](C)C.O=C([O-])/C=C/C(=O)[O-]. The van der Waals surface area contributed by atoms with Crippen molar-refractivity contribution < 1.29 is 29.6 Å². The van der Waals surface area contributed by atoms with Gasteiger partial charge in [0.15, 0.2) is 0 Å². The van der Waals surface area contributed by atoms with Crippen LogP contribution in [0.5, 0.6) is 0 Å². The molecule has 54 heavy (non-hydrogen) atoms. The van der Waals surface area contributed by atoms with E-state index in [9.17, 15) is 19.8 Å². The summed E-state index contributed by atoms with van der Waals surface area (Å²) in [6.07, 6.45) is 0.769. The molecule has 0 bridgehead atoms. The Labute approximate surface area is 329 Å². The van der Waals surface area contributed by atoms with Crippen molar-refractivity contribution in [1.82, 2.24) is 9.80 Å². The molecule has 0 aromatic heterocycles. The molecule has 2 unspecified atom stereocenters. The van der Waals surface area contributed by atoms with Gasteiger partial charge >= 0.3 is 0 Å². The lowest BCUT2D eigenvalue weighted by Gasteiger charge is -2.36. The van der Waals surface area contributed by atoms with Gasteiger partial charge < -0.3 is 49.2 Å². The van der Waals surface area contributed by atoms with Crippen molar-refractivity contribution >= 4 is 58.2 Å². The van der Waals surface area contributed by atoms with Crippen LogP contribution in [0.1, 0.15) is 0 Å². The average molecular weight is 771 g/mol. The smallest absolute Gasteiger partial charge is 0.118 e. The predicted octanol–water partition coefficient (Wildman–Crippen LogP) is 1.77. The Balaban J connectivity index is 0.000000201. The molecule has 10 nitrogen and oxygen atoms in total. The van der Waals surface area contributed by atoms with E-state index in [0.29, 0.717) is 24.2 Å². The quantitative estimate of drug-likeness (QED) is 0.208. The summed E-state index contributed by atoms with van der Waals surface area (Å²) in [6, 6.07) is 36.1. The number of carboxylic acids is 2. The number of carbonyl (C=O) groups is 2. The fourth-order valence-corrected chi connectivity index (χ4v) is 8.45. The summed E-state index contributed by atoms with van der Waals surface area (Å²) in [5, 5.41) is 18.8. The zero-order valence-electron chi connectivity index (χ0n) is 32.6. The third-order valence-electron chi connectivity index (χ3n) is 9.03. The van der Waals surface area contributed by atoms with Gasteiger partial charge in [-0.2, -0.15) is 0 Å². The second kappa shape index (κ2) is 20.4. The van der Waals surface area contributed by atoms with E-state index in [1.165, 1.54) is 52.1 Å². The van der Waals surface area contributed by atoms with E-state index in [1.807, 2.05) is 23.5 Å². The van der Waals surface area contributed by atoms with Gasteiger partial charge in [0.2, 0.25) is 0 Å². The van der Waals surface area contributed by atoms with Crippen LogP contribution in [0.4, 0.5) is 22.7 Å². The van der Waals surface area contributed by atoms with Crippen molar-refractivity contribution in [3.8, 4) is 0 Å². The van der Waals surface area contributed by atoms with Gasteiger partial charge in [0.25, 0.3) is 0 Å². The molecule has 2 N–H and O–H groups in total. The summed E-state index contributed by atoms with van der Waals surface area (Å²) in [7, 11) is 17.6. The molecule has 0 spiro atoms. The zero-order chi connectivity index (χ0) is 39.4. The van der Waals surface area contributed by atoms with Crippen molar-refractivity contribution in [2.45, 2.75) is 31.7 Å². The maximum absolute atomic E-state index is 9.41. The third kappa shape index (κ3) is 12.1. The number of anilines is 4. The molecular weight excluding hydrogens is 717 g/mol. The van der Waals surface area contributed by atoms with Crippen LogP contribution >= 0.6 is 23.5 Å². The average Bonchev–Trinajstić information content (AvgIpc) is 3.13. The molecule has 4 aromatic rings. The maximum atomic E-state index is 9.41. The molecule has 6 rings (SSSR count). The van der Waals surface area contributed by atoms with Crippen molar-refractivity contribution in [3.63, 3.8) is 0 Å². The largest absolute Gasteiger partial charge is 0.545 e. The van der Waals surface area contributed by atoms with Crippen LogP contribution in [0.3, 0.4) is 0 Å². The van der Waals surface area contributed by atoms with Gasteiger partial charge in [-0.15, -0.1) is 0 Å². The minimum Gasteiger partial charge on any atom is -0.545 e. The van der Waals surface area contributed by atoms with Crippen molar-refractivity contribution in [2.75, 3.05) is 92.4 Å². The monoisotopic (exact) mass is 770 g/mol. The number of rotatable bonds is 12. The Morgan fingerprint density at radius 2 is 0.815 bits per heavy atom. The Kier molecular flexibility index (Phi) is 16.0. The van der Waals surface area contributed by atoms with E-state index < -0.39 is 11.9 Å². The molecule has 12 heteroatoms. The summed E-state index contributed by atoms with van der Waals surface area (Å²) in [4.78, 5) is 36.8. The molecule has 0 radical (unpaired) electrons. The number of nitrogens with zero attached hydrogens (tertiary/aromatic N) is 4. The van der Waals surface area contributed by atoms with Crippen LogP contribution in [-0.2, 0) is 9.59 Å². The zero-order valence-corrected chi connectivity index (χ0v) is 34.2. The lowest BCUT2D eigenvalue weighted by Crippen LogP contribution is -3.12. The molecule has 2 aliphatic rings. The molecule has 0 aliphatic carbocycles. The van der Waals surface area contributed by atoms with E-state index in [2.05, 4.69) is 173 Å². The highest BCUT2D eigenvalue weighted by atomic mass is 32.2. The molecular formula is C42H54N6O4S2. The summed E-state index contributed by atoms with van der Waals surface area (Å²) < 4.78 is 0. The Hall–Kier alpha value is -4.30. The van der Waals surface area contributed by atoms with Crippen LogP contribution in [0, 0.1) is 0 Å². The number of likely N-dealkylation sites (N-methyl/N-ethyl adjacent to an activating group) is 4. The number of para-hydroxylation sites is 4. The predicted molar refractivity (Wildman–Crippen MR) is 217 cm³/mol. The first-order valence-electron chi connectivity index (χ1n) is 18.0. The first-order valence-corrected chi connectivity index (χ1v) is 19.6. The Morgan fingerprint density at radius 3 is 1.04 bits per heavy atom. The highest BCUT2D eigenvalue weighted by molar-refractivity contribution is 8.00. The molecule has 0 saturated carbocycles. The fraction of sp³-hybridized carbons (Fsp3) is 0.333. The van der Waals surface area contributed by atoms with E-state index in [-0.39, 0.29) is 0 Å². The first-order chi connectivity index (χ1) is 25.7. The van der Waals surface area contributed by atoms with Gasteiger partial charge in [-0.3, -0.25) is 0 Å². The molecule has 2 atom stereocenters. The van der Waals surface area contributed by atoms with Gasteiger partial charge in [0, 0.05) is 19.6 Å². The molecule has 288 valence electrons. The van der Waals surface area contributed by atoms with Crippen molar-refractivity contribution in [3.05, 3.63) is 109 Å². The lowest BCUT2D eigenvalue weighted by molar-refractivity contribution is -0.883. The van der Waals surface area contributed by atoms with Crippen LogP contribution in [0.2, 0.25) is 0 Å². The number of nitrogens with one attached hydrogen (secondary N) is 2. The minimum absolute atomic E-state index is 0.384. The number of carboxylic acid groups (broad SMARTS) is 2. The second-order valence-corrected chi connectivity index (χ2v) is 16.5. The summed E-state index contributed by atoms with van der Waals surface area (Å²) in [5.74, 6) is -3.09. The van der Waals surface area contributed by atoms with Gasteiger partial charge in [0.1, 0.15) is 12.1 Å². The van der Waals surface area contributed by atoms with E-state index in [1.54, 1.807) is 0 Å². The summed E-state index contributed by atoms with van der Waals surface area (Å²) in [5.41, 5.74) is 5.34. The number of hydrogen-bond acceptors (Lipinski definition) is 10. The second-order valence-electron chi connectivity index (χ2n) is 14.3. The highest BCUT2D eigenvalue weighted by Crippen LogP contribution is 2.48. The maximum Gasteiger partial charge on any atom is 0.118 e. The molecule has 0 fully saturated rings. The number of quaternary nitrogens is 2. The van der Waals surface area contributed by atoms with E-state index >= 15 is 0 Å². The third-order valence-corrected chi connectivity index (χ3v) is 11.3. The van der Waals surface area contributed by atoms with Crippen LogP contribution in [-0.4, -0.2) is 116 Å². The normalized spacial score (nSPS) is 14.0. The highest BCUT2D eigenvalue weighted by Gasteiger charge is 2.29. The van der Waals surface area contributed by atoms with Gasteiger partial charge in [-0.05, 0) is 88.9 Å². The number of benzene rings is 4. The number of hydrogen-bond donors (Lipinski definition) is 2. The van der Waals surface area contributed by atoms with E-state index in [0.717, 1.165) is 26.2 Å². The minimum atomic E-state index is -1.55. The summed E-state index contributed by atoms with van der Waals surface area (Å²) in [6.45, 7) is 4.21. The number of fused-ring (bicyclic) bond motifs is 4. The van der Waals surface area contributed by atoms with Crippen LogP contribution < -0.4 is 29.8 Å². The molecule has 2 heterocycles. The van der Waals surface area contributed by atoms with Crippen LogP contribution in [0.15, 0.2) is 129 Å². The number of carbonyl (C=O) groups excluding carboxylic acids is 2. The van der Waals surface area contributed by atoms with E-state index in [4.69, 9.17) is 0 Å². The molecule has 0 saturated heterocycles. The molecule has 0 amide bonds. The number of aliphatic carboxylic acids is 2. The van der Waals surface area contributed by atoms with Crippen molar-refractivity contribution in [2.24, 2.45) is 0 Å². The summed E-state index contributed by atoms with van der Waals surface area (Å²) >= 11 is 3.75. The molecule has 2 aliphatic heterocycles. The topological polar surface area (TPSA) is 102 Å². The van der Waals surface area contributed by atoms with Gasteiger partial charge in [-0.25, -0.2) is 0 Å². The standard InChI is InChI=1S/2C19H25N3S.C4H4O4/c2*1-20(2)13-15(21(3)4)14-22-16-9-5-7-11-18(16)23-19-12-8-6-10-17(19)22;5-3(6)1-2-4(7)8/h2*5-12,15H,13-14H2,1-4H3;1-2H,(H,5,6)(H,7,8)/b;;2-1+. The lowest BCUT2D eigenvalue weighted by atomic mass is 10.1. The Bertz CT molecular complexity index is 1640. The Morgan fingerprint density at radius 1 is 0.556 bits per heavy atom. The van der Waals surface area contributed by atoms with Crippen LogP contribution in [0.25, 0.3) is 0 Å². The van der Waals surface area contributed by atoms with Crippen molar-refractivity contribution in [1.29, 1.82) is 0 Å². The van der Waals surface area contributed by atoms with Gasteiger partial charge in [0.05, 0.1) is 89.1 Å². The first kappa shape index (κ1) is 42.4. The molecule has 4 aromatic carbocycles. The van der Waals surface area contributed by atoms with Gasteiger partial charge in [-0.1, -0.05) is 72.1 Å².